The van der Waals surface area contributed by atoms with Gasteiger partial charge in [0.05, 0.1) is 0 Å². The number of nitrogens with zero attached hydrogens (tertiary/aromatic N) is 3. The van der Waals surface area contributed by atoms with Gasteiger partial charge in [0.2, 0.25) is 0 Å². The summed E-state index contributed by atoms with van der Waals surface area (Å²) >= 11 is 0. The highest BCUT2D eigenvalue weighted by molar-refractivity contribution is 5.80. The molecular formula is C18H36N4. The van der Waals surface area contributed by atoms with Crippen LogP contribution in [0.25, 0.3) is 0 Å². The van der Waals surface area contributed by atoms with E-state index in [1.807, 2.05) is 7.05 Å². The summed E-state index contributed by atoms with van der Waals surface area (Å²) in [6.45, 7) is 10.6. The van der Waals surface area contributed by atoms with Crippen LogP contribution in [0.15, 0.2) is 4.99 Å². The molecule has 0 aliphatic carbocycles. The van der Waals surface area contributed by atoms with Crippen molar-refractivity contribution in [3.63, 3.8) is 0 Å². The van der Waals surface area contributed by atoms with Crippen molar-refractivity contribution in [2.75, 3.05) is 46.8 Å². The third kappa shape index (κ3) is 4.87. The van der Waals surface area contributed by atoms with Crippen LogP contribution in [0.2, 0.25) is 0 Å². The quantitative estimate of drug-likeness (QED) is 0.640. The first-order valence-electron chi connectivity index (χ1n) is 9.20. The second-order valence-corrected chi connectivity index (χ2v) is 7.78. The average molecular weight is 309 g/mol. The minimum Gasteiger partial charge on any atom is -0.356 e. The number of likely N-dealkylation sites (tertiary alicyclic amines) is 2. The average Bonchev–Trinajstić information content (AvgIpc) is 2.48. The van der Waals surface area contributed by atoms with E-state index in [2.05, 4.69) is 41.0 Å². The summed E-state index contributed by atoms with van der Waals surface area (Å²) in [5, 5.41) is 3.66. The van der Waals surface area contributed by atoms with Crippen LogP contribution in [0.4, 0.5) is 0 Å². The Morgan fingerprint density at radius 2 is 2.14 bits per heavy atom. The lowest BCUT2D eigenvalue weighted by Crippen LogP contribution is -2.51. The van der Waals surface area contributed by atoms with Crippen LogP contribution in [0.5, 0.6) is 0 Å². The number of aliphatic imine (C=N–C) groups is 1. The highest BCUT2D eigenvalue weighted by atomic mass is 15.3. The second-order valence-electron chi connectivity index (χ2n) is 7.78. The fourth-order valence-corrected chi connectivity index (χ4v) is 4.31. The topological polar surface area (TPSA) is 30.9 Å². The molecule has 0 spiro atoms. The zero-order chi connectivity index (χ0) is 16.0. The van der Waals surface area contributed by atoms with Gasteiger partial charge in [-0.15, -0.1) is 0 Å². The first-order chi connectivity index (χ1) is 10.6. The van der Waals surface area contributed by atoms with E-state index in [1.54, 1.807) is 0 Å². The predicted molar refractivity (Wildman–Crippen MR) is 95.4 cm³/mol. The molecule has 4 nitrogen and oxygen atoms in total. The van der Waals surface area contributed by atoms with Crippen LogP contribution >= 0.6 is 0 Å². The van der Waals surface area contributed by atoms with E-state index < -0.39 is 0 Å². The molecule has 0 radical (unpaired) electrons. The monoisotopic (exact) mass is 308 g/mol. The molecule has 0 aromatic carbocycles. The van der Waals surface area contributed by atoms with Gasteiger partial charge in [-0.05, 0) is 57.0 Å². The minimum atomic E-state index is 0.468. The number of rotatable bonds is 4. The Morgan fingerprint density at radius 1 is 1.32 bits per heavy atom. The van der Waals surface area contributed by atoms with Gasteiger partial charge in [-0.25, -0.2) is 0 Å². The van der Waals surface area contributed by atoms with Gasteiger partial charge in [0.25, 0.3) is 0 Å². The maximum atomic E-state index is 4.56. The summed E-state index contributed by atoms with van der Waals surface area (Å²) < 4.78 is 0. The van der Waals surface area contributed by atoms with Crippen molar-refractivity contribution < 1.29 is 0 Å². The highest BCUT2D eigenvalue weighted by Gasteiger charge is 2.31. The van der Waals surface area contributed by atoms with E-state index in [-0.39, 0.29) is 0 Å². The van der Waals surface area contributed by atoms with Crippen molar-refractivity contribution in [3.05, 3.63) is 0 Å². The first-order valence-corrected chi connectivity index (χ1v) is 9.20. The molecule has 0 aromatic rings. The number of guanidine groups is 1. The number of piperidine rings is 2. The number of hydrogen-bond donors (Lipinski definition) is 1. The minimum absolute atomic E-state index is 0.468. The van der Waals surface area contributed by atoms with E-state index >= 15 is 0 Å². The zero-order valence-electron chi connectivity index (χ0n) is 15.2. The standard InChI is InChI=1S/C18H36N4/c1-5-9-18(2)10-7-12-22(15-18)17(19-3)20-13-16-8-6-11-21(4)14-16/h16H,5-15H2,1-4H3,(H,19,20). The van der Waals surface area contributed by atoms with Crippen molar-refractivity contribution in [2.45, 2.75) is 52.4 Å². The molecule has 4 heteroatoms. The van der Waals surface area contributed by atoms with Crippen LogP contribution in [0, 0.1) is 11.3 Å². The molecule has 2 unspecified atom stereocenters. The fourth-order valence-electron chi connectivity index (χ4n) is 4.31. The van der Waals surface area contributed by atoms with Gasteiger partial charge in [-0.3, -0.25) is 4.99 Å². The number of hydrogen-bond acceptors (Lipinski definition) is 2. The van der Waals surface area contributed by atoms with Crippen LogP contribution < -0.4 is 5.32 Å². The van der Waals surface area contributed by atoms with Gasteiger partial charge in [0.1, 0.15) is 0 Å². The molecule has 128 valence electrons. The summed E-state index contributed by atoms with van der Waals surface area (Å²) in [6.07, 6.45) is 7.95. The van der Waals surface area contributed by atoms with E-state index in [4.69, 9.17) is 0 Å². The lowest BCUT2D eigenvalue weighted by Gasteiger charge is -2.42. The van der Waals surface area contributed by atoms with E-state index in [1.165, 1.54) is 51.6 Å². The largest absolute Gasteiger partial charge is 0.356 e. The molecule has 22 heavy (non-hydrogen) atoms. The van der Waals surface area contributed by atoms with Crippen LogP contribution in [0.1, 0.15) is 52.4 Å². The summed E-state index contributed by atoms with van der Waals surface area (Å²) in [6, 6.07) is 0. The van der Waals surface area contributed by atoms with Gasteiger partial charge in [0, 0.05) is 33.2 Å². The summed E-state index contributed by atoms with van der Waals surface area (Å²) in [5.41, 5.74) is 0.468. The molecule has 1 N–H and O–H groups in total. The van der Waals surface area contributed by atoms with E-state index in [0.717, 1.165) is 31.5 Å². The SMILES string of the molecule is CCCC1(C)CCCN(C(=NC)NCC2CCCN(C)C2)C1. The molecule has 2 heterocycles. The molecule has 2 rings (SSSR count). The van der Waals surface area contributed by atoms with Gasteiger partial charge in [-0.2, -0.15) is 0 Å². The summed E-state index contributed by atoms with van der Waals surface area (Å²) in [7, 11) is 4.17. The van der Waals surface area contributed by atoms with Crippen LogP contribution in [-0.4, -0.2) is 62.6 Å². The smallest absolute Gasteiger partial charge is 0.193 e. The summed E-state index contributed by atoms with van der Waals surface area (Å²) in [5.74, 6) is 1.89. The molecule has 2 fully saturated rings. The molecule has 2 aliphatic rings. The van der Waals surface area contributed by atoms with E-state index in [9.17, 15) is 0 Å². The zero-order valence-corrected chi connectivity index (χ0v) is 15.2. The molecule has 2 atom stereocenters. The Morgan fingerprint density at radius 3 is 2.82 bits per heavy atom. The Hall–Kier alpha value is -0.770. The third-order valence-electron chi connectivity index (χ3n) is 5.42. The molecule has 0 aromatic heterocycles. The van der Waals surface area contributed by atoms with Gasteiger partial charge >= 0.3 is 0 Å². The summed E-state index contributed by atoms with van der Waals surface area (Å²) in [4.78, 5) is 9.51. The van der Waals surface area contributed by atoms with Crippen molar-refractivity contribution in [1.82, 2.24) is 15.1 Å². The highest BCUT2D eigenvalue weighted by Crippen LogP contribution is 2.33. The first kappa shape index (κ1) is 17.6. The van der Waals surface area contributed by atoms with E-state index in [0.29, 0.717) is 5.41 Å². The maximum Gasteiger partial charge on any atom is 0.193 e. The molecule has 0 saturated carbocycles. The van der Waals surface area contributed by atoms with Crippen LogP contribution in [-0.2, 0) is 0 Å². The molecule has 0 amide bonds. The Kier molecular flexibility index (Phi) is 6.54. The Bertz CT molecular complexity index is 364. The van der Waals surface area contributed by atoms with Gasteiger partial charge < -0.3 is 15.1 Å². The van der Waals surface area contributed by atoms with Crippen molar-refractivity contribution in [1.29, 1.82) is 0 Å². The Balaban J connectivity index is 1.85. The lowest BCUT2D eigenvalue weighted by molar-refractivity contribution is 0.141. The van der Waals surface area contributed by atoms with Crippen LogP contribution in [0.3, 0.4) is 0 Å². The fraction of sp³-hybridized carbons (Fsp3) is 0.944. The van der Waals surface area contributed by atoms with Gasteiger partial charge in [-0.1, -0.05) is 20.3 Å². The molecule has 2 saturated heterocycles. The third-order valence-corrected chi connectivity index (χ3v) is 5.42. The lowest BCUT2D eigenvalue weighted by atomic mass is 9.78. The molecular weight excluding hydrogens is 272 g/mol. The molecule has 2 aliphatic heterocycles. The van der Waals surface area contributed by atoms with Crippen molar-refractivity contribution >= 4 is 5.96 Å². The Labute approximate surface area is 137 Å². The maximum absolute atomic E-state index is 4.56. The van der Waals surface area contributed by atoms with Gasteiger partial charge in [0.15, 0.2) is 5.96 Å². The normalized spacial score (nSPS) is 31.4. The van der Waals surface area contributed by atoms with Crippen molar-refractivity contribution in [3.8, 4) is 0 Å². The number of nitrogens with one attached hydrogen (secondary N) is 1. The predicted octanol–water partition coefficient (Wildman–Crippen LogP) is 2.81. The second kappa shape index (κ2) is 8.19. The van der Waals surface area contributed by atoms with Crippen molar-refractivity contribution in [2.24, 2.45) is 16.3 Å². The molecule has 0 bridgehead atoms.